The number of rotatable bonds is 8. The van der Waals surface area contributed by atoms with E-state index in [0.29, 0.717) is 16.9 Å². The third kappa shape index (κ3) is 4.78. The summed E-state index contributed by atoms with van der Waals surface area (Å²) < 4.78 is 47.2. The van der Waals surface area contributed by atoms with Crippen LogP contribution >= 0.6 is 0 Å². The zero-order chi connectivity index (χ0) is 24.5. The van der Waals surface area contributed by atoms with Crippen LogP contribution in [0.15, 0.2) is 78.0 Å². The van der Waals surface area contributed by atoms with Crippen LogP contribution in [0.2, 0.25) is 0 Å². The van der Waals surface area contributed by atoms with E-state index in [0.717, 1.165) is 27.5 Å². The summed E-state index contributed by atoms with van der Waals surface area (Å²) in [4.78, 5) is 16.1. The van der Waals surface area contributed by atoms with E-state index in [1.54, 1.807) is 53.4 Å². The van der Waals surface area contributed by atoms with Crippen LogP contribution in [0.4, 0.5) is 4.39 Å². The molecule has 176 valence electrons. The fourth-order valence-electron chi connectivity index (χ4n) is 3.51. The normalized spacial score (nSPS) is 12.7. The van der Waals surface area contributed by atoms with Crippen molar-refractivity contribution in [1.29, 1.82) is 0 Å². The van der Waals surface area contributed by atoms with Crippen LogP contribution in [0.1, 0.15) is 17.2 Å². The maximum atomic E-state index is 13.1. The Balaban J connectivity index is 1.49. The Morgan fingerprint density at radius 3 is 2.44 bits per heavy atom. The van der Waals surface area contributed by atoms with Crippen molar-refractivity contribution in [1.82, 2.24) is 13.9 Å². The maximum Gasteiger partial charge on any atom is 0.349 e. The summed E-state index contributed by atoms with van der Waals surface area (Å²) in [5.74, 6) is -1.34. The Morgan fingerprint density at radius 1 is 1.12 bits per heavy atom. The van der Waals surface area contributed by atoms with Crippen LogP contribution < -0.4 is 4.74 Å². The highest BCUT2D eigenvalue weighted by Crippen LogP contribution is 2.26. The number of aryl methyl sites for hydroxylation is 1. The van der Waals surface area contributed by atoms with Crippen molar-refractivity contribution in [2.24, 2.45) is 7.05 Å². The number of carbonyl (C=O) groups is 1. The van der Waals surface area contributed by atoms with Crippen molar-refractivity contribution in [3.63, 3.8) is 0 Å². The molecule has 0 saturated heterocycles. The monoisotopic (exact) mass is 483 g/mol. The summed E-state index contributed by atoms with van der Waals surface area (Å²) in [5.41, 5.74) is 2.68. The van der Waals surface area contributed by atoms with Crippen LogP contribution in [0, 0.1) is 5.82 Å². The average molecular weight is 484 g/mol. The van der Waals surface area contributed by atoms with E-state index in [2.05, 4.69) is 4.98 Å². The molecule has 10 heteroatoms. The van der Waals surface area contributed by atoms with Gasteiger partial charge in [-0.2, -0.15) is 4.31 Å². The summed E-state index contributed by atoms with van der Waals surface area (Å²) in [7, 11) is -0.547. The van der Waals surface area contributed by atoms with Gasteiger partial charge in [-0.25, -0.2) is 22.6 Å². The van der Waals surface area contributed by atoms with Gasteiger partial charge < -0.3 is 14.4 Å². The summed E-state index contributed by atoms with van der Waals surface area (Å²) in [6, 6.07) is 16.3. The molecule has 0 fully saturated rings. The van der Waals surface area contributed by atoms with Crippen LogP contribution in [0.3, 0.4) is 0 Å². The molecule has 0 spiro atoms. The number of halogens is 1. The first-order valence-electron chi connectivity index (χ1n) is 10.3. The average Bonchev–Trinajstić information content (AvgIpc) is 3.18. The quantitative estimate of drug-likeness (QED) is 0.410. The highest BCUT2D eigenvalue weighted by Gasteiger charge is 2.24. The number of aromatic nitrogens is 2. The molecule has 0 saturated carbocycles. The Kier molecular flexibility index (Phi) is 6.36. The predicted molar refractivity (Wildman–Crippen MR) is 123 cm³/mol. The summed E-state index contributed by atoms with van der Waals surface area (Å²) >= 11 is 0. The van der Waals surface area contributed by atoms with Gasteiger partial charge in [0.2, 0.25) is 16.1 Å². The maximum absolute atomic E-state index is 13.1. The third-order valence-electron chi connectivity index (χ3n) is 5.38. The zero-order valence-corrected chi connectivity index (χ0v) is 19.2. The number of imidazole rings is 1. The second kappa shape index (κ2) is 9.24. The molecular formula is C24H22FN3O5S. The van der Waals surface area contributed by atoms with E-state index in [4.69, 9.17) is 4.74 Å². The number of hydrogen-bond acceptors (Lipinski definition) is 5. The molecule has 0 radical (unpaired) electrons. The molecule has 8 nitrogen and oxygen atoms in total. The molecule has 3 aromatic carbocycles. The molecule has 1 N–H and O–H groups in total. The number of carboxylic acid groups (broad SMARTS) is 1. The number of hydrogen-bond donors (Lipinski definition) is 1. The summed E-state index contributed by atoms with van der Waals surface area (Å²) in [6.07, 6.45) is 0.420. The van der Waals surface area contributed by atoms with Gasteiger partial charge in [-0.15, -0.1) is 0 Å². The smallest absolute Gasteiger partial charge is 0.349 e. The van der Waals surface area contributed by atoms with Crippen LogP contribution in [-0.4, -0.2) is 40.4 Å². The highest BCUT2D eigenvalue weighted by atomic mass is 32.2. The molecule has 4 rings (SSSR count). The lowest BCUT2D eigenvalue weighted by atomic mass is 10.1. The van der Waals surface area contributed by atoms with E-state index >= 15 is 0 Å². The predicted octanol–water partition coefficient (Wildman–Crippen LogP) is 3.74. The van der Waals surface area contributed by atoms with Gasteiger partial charge in [0.05, 0.1) is 22.3 Å². The Bertz CT molecular complexity index is 1430. The van der Waals surface area contributed by atoms with E-state index in [9.17, 15) is 22.7 Å². The third-order valence-corrected chi connectivity index (χ3v) is 7.20. The second-order valence-electron chi connectivity index (χ2n) is 7.80. The van der Waals surface area contributed by atoms with Gasteiger partial charge >= 0.3 is 5.97 Å². The van der Waals surface area contributed by atoms with E-state index in [1.807, 2.05) is 7.05 Å². The summed E-state index contributed by atoms with van der Waals surface area (Å²) in [5, 5.41) is 9.72. The highest BCUT2D eigenvalue weighted by molar-refractivity contribution is 7.89. The Labute approximate surface area is 195 Å². The molecule has 0 aliphatic heterocycles. The van der Waals surface area contributed by atoms with Gasteiger partial charge in [-0.3, -0.25) is 0 Å². The standard InChI is InChI=1S/C24H22FN3O5S/c1-27-15-26-21-12-5-17(13-22(21)27)23(24(29)30)33-19-8-3-16(4-9-19)14-28(2)34(31,32)20-10-6-18(25)7-11-20/h3-13,15,23H,14H2,1-2H3,(H,29,30). The molecule has 1 heterocycles. The minimum absolute atomic E-state index is 0.00829. The van der Waals surface area contributed by atoms with E-state index < -0.39 is 27.9 Å². The van der Waals surface area contributed by atoms with Gasteiger partial charge in [0.1, 0.15) is 11.6 Å². The lowest BCUT2D eigenvalue weighted by molar-refractivity contribution is -0.145. The lowest BCUT2D eigenvalue weighted by Gasteiger charge is -2.18. The van der Waals surface area contributed by atoms with Gasteiger partial charge in [0.25, 0.3) is 0 Å². The van der Waals surface area contributed by atoms with Crippen molar-refractivity contribution in [3.8, 4) is 5.75 Å². The molecule has 4 aromatic rings. The van der Waals surface area contributed by atoms with Crippen LogP contribution in [0.5, 0.6) is 5.75 Å². The van der Waals surface area contributed by atoms with Gasteiger partial charge in [-0.1, -0.05) is 18.2 Å². The fourth-order valence-corrected chi connectivity index (χ4v) is 4.66. The molecule has 0 aliphatic carbocycles. The van der Waals surface area contributed by atoms with E-state index in [-0.39, 0.29) is 11.4 Å². The minimum atomic E-state index is -3.80. The molecule has 1 unspecified atom stereocenters. The first-order valence-corrected chi connectivity index (χ1v) is 11.7. The Hall–Kier alpha value is -3.76. The van der Waals surface area contributed by atoms with Gasteiger partial charge in [-0.05, 0) is 54.1 Å². The van der Waals surface area contributed by atoms with Crippen molar-refractivity contribution < 1.29 is 27.4 Å². The zero-order valence-electron chi connectivity index (χ0n) is 18.4. The number of nitrogens with zero attached hydrogens (tertiary/aromatic N) is 3. The Morgan fingerprint density at radius 2 is 1.79 bits per heavy atom. The van der Waals surface area contributed by atoms with E-state index in [1.165, 1.54) is 19.2 Å². The first-order chi connectivity index (χ1) is 16.1. The molecule has 1 atom stereocenters. The number of benzene rings is 3. The van der Waals surface area contributed by atoms with Crippen molar-refractivity contribution >= 4 is 27.0 Å². The molecule has 0 amide bonds. The molecule has 34 heavy (non-hydrogen) atoms. The molecular weight excluding hydrogens is 461 g/mol. The number of fused-ring (bicyclic) bond motifs is 1. The fraction of sp³-hybridized carbons (Fsp3) is 0.167. The molecule has 1 aromatic heterocycles. The number of sulfonamides is 1. The SMILES string of the molecule is CN(Cc1ccc(OC(C(=O)O)c2ccc3ncn(C)c3c2)cc1)S(=O)(=O)c1ccc(F)cc1. The molecule has 0 aliphatic rings. The second-order valence-corrected chi connectivity index (χ2v) is 9.84. The first kappa shape index (κ1) is 23.4. The minimum Gasteiger partial charge on any atom is -0.478 e. The van der Waals surface area contributed by atoms with Gasteiger partial charge in [0.15, 0.2) is 0 Å². The number of ether oxygens (including phenoxy) is 1. The number of aliphatic carboxylic acids is 1. The van der Waals surface area contributed by atoms with Crippen LogP contribution in [-0.2, 0) is 28.4 Å². The van der Waals surface area contributed by atoms with Gasteiger partial charge in [0, 0.05) is 26.2 Å². The van der Waals surface area contributed by atoms with Crippen LogP contribution in [0.25, 0.3) is 11.0 Å². The van der Waals surface area contributed by atoms with Crippen molar-refractivity contribution in [2.45, 2.75) is 17.5 Å². The molecule has 0 bridgehead atoms. The lowest BCUT2D eigenvalue weighted by Crippen LogP contribution is -2.26. The topological polar surface area (TPSA) is 102 Å². The largest absolute Gasteiger partial charge is 0.478 e. The van der Waals surface area contributed by atoms with Crippen molar-refractivity contribution in [3.05, 3.63) is 90.0 Å². The summed E-state index contributed by atoms with van der Waals surface area (Å²) in [6.45, 7) is 0.0690. The van der Waals surface area contributed by atoms with Crippen molar-refractivity contribution in [2.75, 3.05) is 7.05 Å². The number of carboxylic acids is 1.